The molecule has 5 heteroatoms. The second-order valence-electron chi connectivity index (χ2n) is 11.7. The van der Waals surface area contributed by atoms with Gasteiger partial charge in [-0.15, -0.1) is 0 Å². The number of nitrogens with zero attached hydrogens (tertiary/aromatic N) is 4. The molecule has 10 aromatic rings. The maximum atomic E-state index is 6.30. The first-order chi connectivity index (χ1) is 22.8. The van der Waals surface area contributed by atoms with Gasteiger partial charge in [0, 0.05) is 32.7 Å². The number of hydrogen-bond acceptors (Lipinski definition) is 4. The standard InChI is InChI=1S/C41H24N4O/c1-2-11-26(12-3-1)39-42-40(29-19-21-36-32(23-29)33-22-27-13-4-5-14-28(27)24-37(33)46-36)44-41(43-39)45-34-17-9-8-16-31(34)38-30-15-7-6-10-25(30)18-20-35(38)45/h1-24H. The van der Waals surface area contributed by atoms with Crippen LogP contribution < -0.4 is 0 Å². The molecule has 7 aromatic carbocycles. The molecule has 0 bridgehead atoms. The second-order valence-corrected chi connectivity index (χ2v) is 11.7. The number of rotatable bonds is 3. The molecule has 46 heavy (non-hydrogen) atoms. The maximum Gasteiger partial charge on any atom is 0.238 e. The van der Waals surface area contributed by atoms with Crippen LogP contribution in [0.15, 0.2) is 150 Å². The zero-order chi connectivity index (χ0) is 30.2. The minimum atomic E-state index is 0.577. The Bertz CT molecular complexity index is 2810. The monoisotopic (exact) mass is 588 g/mol. The lowest BCUT2D eigenvalue weighted by Crippen LogP contribution is -2.06. The largest absolute Gasteiger partial charge is 0.456 e. The van der Waals surface area contributed by atoms with Crippen molar-refractivity contribution in [2.24, 2.45) is 0 Å². The van der Waals surface area contributed by atoms with Gasteiger partial charge in [0.2, 0.25) is 5.95 Å². The molecule has 3 aromatic heterocycles. The quantitative estimate of drug-likeness (QED) is 0.206. The summed E-state index contributed by atoms with van der Waals surface area (Å²) in [5.74, 6) is 1.80. The normalized spacial score (nSPS) is 11.9. The van der Waals surface area contributed by atoms with Crippen molar-refractivity contribution >= 4 is 65.3 Å². The summed E-state index contributed by atoms with van der Waals surface area (Å²) < 4.78 is 8.47. The smallest absolute Gasteiger partial charge is 0.238 e. The Hall–Kier alpha value is -6.33. The van der Waals surface area contributed by atoms with Crippen LogP contribution in [0.4, 0.5) is 0 Å². The minimum Gasteiger partial charge on any atom is -0.456 e. The lowest BCUT2D eigenvalue weighted by molar-refractivity contribution is 0.669. The predicted octanol–water partition coefficient (Wildman–Crippen LogP) is 10.5. The summed E-state index contributed by atoms with van der Waals surface area (Å²) in [6.45, 7) is 0. The van der Waals surface area contributed by atoms with Crippen molar-refractivity contribution in [2.45, 2.75) is 0 Å². The highest BCUT2D eigenvalue weighted by Crippen LogP contribution is 2.38. The van der Waals surface area contributed by atoms with E-state index in [-0.39, 0.29) is 0 Å². The fourth-order valence-corrected chi connectivity index (χ4v) is 6.87. The third-order valence-corrected chi connectivity index (χ3v) is 9.01. The van der Waals surface area contributed by atoms with Crippen molar-refractivity contribution in [3.8, 4) is 28.7 Å². The topological polar surface area (TPSA) is 56.7 Å². The highest BCUT2D eigenvalue weighted by molar-refractivity contribution is 6.21. The summed E-state index contributed by atoms with van der Waals surface area (Å²) in [6, 6.07) is 50.4. The van der Waals surface area contributed by atoms with Gasteiger partial charge in [-0.3, -0.25) is 4.57 Å². The van der Waals surface area contributed by atoms with Crippen LogP contribution in [-0.4, -0.2) is 19.5 Å². The Kier molecular flexibility index (Phi) is 5.22. The first-order valence-corrected chi connectivity index (χ1v) is 15.4. The Morgan fingerprint density at radius 1 is 0.413 bits per heavy atom. The molecule has 0 unspecified atom stereocenters. The molecule has 0 aliphatic heterocycles. The first kappa shape index (κ1) is 25.0. The van der Waals surface area contributed by atoms with Crippen molar-refractivity contribution in [3.63, 3.8) is 0 Å². The van der Waals surface area contributed by atoms with Gasteiger partial charge in [0.1, 0.15) is 11.2 Å². The van der Waals surface area contributed by atoms with E-state index in [1.165, 1.54) is 21.5 Å². The molecule has 0 aliphatic rings. The van der Waals surface area contributed by atoms with E-state index in [0.717, 1.165) is 54.9 Å². The molecule has 0 N–H and O–H groups in total. The second kappa shape index (κ2) is 9.58. The fourth-order valence-electron chi connectivity index (χ4n) is 6.87. The lowest BCUT2D eigenvalue weighted by Gasteiger charge is -2.11. The van der Waals surface area contributed by atoms with Crippen molar-refractivity contribution < 1.29 is 4.42 Å². The summed E-state index contributed by atoms with van der Waals surface area (Å²) in [6.07, 6.45) is 0. The van der Waals surface area contributed by atoms with Crippen LogP contribution in [0, 0.1) is 0 Å². The number of hydrogen-bond donors (Lipinski definition) is 0. The average molecular weight is 589 g/mol. The average Bonchev–Trinajstić information content (AvgIpc) is 3.65. The third-order valence-electron chi connectivity index (χ3n) is 9.01. The molecule has 0 atom stereocenters. The van der Waals surface area contributed by atoms with Gasteiger partial charge in [-0.05, 0) is 64.0 Å². The summed E-state index contributed by atoms with van der Waals surface area (Å²) >= 11 is 0. The van der Waals surface area contributed by atoms with Gasteiger partial charge in [-0.2, -0.15) is 9.97 Å². The molecule has 0 amide bonds. The van der Waals surface area contributed by atoms with Crippen molar-refractivity contribution in [3.05, 3.63) is 146 Å². The van der Waals surface area contributed by atoms with E-state index in [1.807, 2.05) is 42.5 Å². The van der Waals surface area contributed by atoms with Gasteiger partial charge in [-0.1, -0.05) is 103 Å². The molecule has 0 aliphatic carbocycles. The van der Waals surface area contributed by atoms with Crippen molar-refractivity contribution in [2.75, 3.05) is 0 Å². The number of benzene rings is 7. The van der Waals surface area contributed by atoms with Crippen LogP contribution in [0.5, 0.6) is 0 Å². The van der Waals surface area contributed by atoms with E-state index in [2.05, 4.69) is 108 Å². The molecule has 0 radical (unpaired) electrons. The van der Waals surface area contributed by atoms with Crippen LogP contribution in [0.25, 0.3) is 94.0 Å². The maximum absolute atomic E-state index is 6.30. The molecule has 0 saturated carbocycles. The molecule has 5 nitrogen and oxygen atoms in total. The minimum absolute atomic E-state index is 0.577. The number of fused-ring (bicyclic) bond motifs is 9. The van der Waals surface area contributed by atoms with Gasteiger partial charge in [0.15, 0.2) is 11.6 Å². The van der Waals surface area contributed by atoms with Gasteiger partial charge >= 0.3 is 0 Å². The molecule has 0 saturated heterocycles. The van der Waals surface area contributed by atoms with E-state index in [0.29, 0.717) is 17.6 Å². The third kappa shape index (κ3) is 3.72. The molecule has 0 fully saturated rings. The number of furan rings is 1. The van der Waals surface area contributed by atoms with E-state index in [1.54, 1.807) is 0 Å². The van der Waals surface area contributed by atoms with E-state index < -0.39 is 0 Å². The van der Waals surface area contributed by atoms with Crippen LogP contribution in [0.1, 0.15) is 0 Å². The van der Waals surface area contributed by atoms with Crippen LogP contribution in [-0.2, 0) is 0 Å². The molecule has 3 heterocycles. The van der Waals surface area contributed by atoms with Gasteiger partial charge in [-0.25, -0.2) is 4.98 Å². The number of para-hydroxylation sites is 1. The SMILES string of the molecule is c1ccc(-c2nc(-c3ccc4oc5cc6ccccc6cc5c4c3)nc(-n3c4ccccc4c4c5ccccc5ccc43)n2)cc1. The first-order valence-electron chi connectivity index (χ1n) is 15.4. The Labute approximate surface area is 263 Å². The summed E-state index contributed by atoms with van der Waals surface area (Å²) in [7, 11) is 0. The molecule has 10 rings (SSSR count). The lowest BCUT2D eigenvalue weighted by atomic mass is 10.0. The van der Waals surface area contributed by atoms with Crippen molar-refractivity contribution in [1.29, 1.82) is 0 Å². The van der Waals surface area contributed by atoms with Crippen molar-refractivity contribution in [1.82, 2.24) is 19.5 Å². The van der Waals surface area contributed by atoms with Crippen LogP contribution in [0.2, 0.25) is 0 Å². The summed E-state index contributed by atoms with van der Waals surface area (Å²) in [4.78, 5) is 15.3. The van der Waals surface area contributed by atoms with Gasteiger partial charge < -0.3 is 4.42 Å². The molecule has 214 valence electrons. The molecule has 0 spiro atoms. The van der Waals surface area contributed by atoms with E-state index in [4.69, 9.17) is 19.4 Å². The summed E-state index contributed by atoms with van der Waals surface area (Å²) in [5, 5.41) is 9.20. The summed E-state index contributed by atoms with van der Waals surface area (Å²) in [5.41, 5.74) is 5.63. The van der Waals surface area contributed by atoms with Gasteiger partial charge in [0.05, 0.1) is 11.0 Å². The number of aromatic nitrogens is 4. The van der Waals surface area contributed by atoms with E-state index >= 15 is 0 Å². The Morgan fingerprint density at radius 3 is 1.93 bits per heavy atom. The Balaban J connectivity index is 1.26. The highest BCUT2D eigenvalue weighted by atomic mass is 16.3. The predicted molar refractivity (Wildman–Crippen MR) is 187 cm³/mol. The van der Waals surface area contributed by atoms with Gasteiger partial charge in [0.25, 0.3) is 0 Å². The van der Waals surface area contributed by atoms with E-state index in [9.17, 15) is 0 Å². The highest BCUT2D eigenvalue weighted by Gasteiger charge is 2.19. The zero-order valence-corrected chi connectivity index (χ0v) is 24.6. The fraction of sp³-hybridized carbons (Fsp3) is 0. The van der Waals surface area contributed by atoms with Crippen LogP contribution >= 0.6 is 0 Å². The Morgan fingerprint density at radius 2 is 1.09 bits per heavy atom. The molecular weight excluding hydrogens is 564 g/mol. The van der Waals surface area contributed by atoms with Crippen LogP contribution in [0.3, 0.4) is 0 Å². The molecular formula is C41H24N4O. The zero-order valence-electron chi connectivity index (χ0n) is 24.6.